The summed E-state index contributed by atoms with van der Waals surface area (Å²) in [6.45, 7) is 12.4. The Hall–Kier alpha value is -1.32. The summed E-state index contributed by atoms with van der Waals surface area (Å²) in [5.74, 6) is 0. The molecule has 0 saturated heterocycles. The van der Waals surface area contributed by atoms with Crippen LogP contribution in [0, 0.1) is 0 Å². The summed E-state index contributed by atoms with van der Waals surface area (Å²) in [7, 11) is 0. The molecule has 0 spiro atoms. The van der Waals surface area contributed by atoms with E-state index in [0.29, 0.717) is 0 Å². The van der Waals surface area contributed by atoms with Crippen LogP contribution in [0.4, 0.5) is 0 Å². The fourth-order valence-electron chi connectivity index (χ4n) is 1.59. The number of rotatable bonds is 8. The summed E-state index contributed by atoms with van der Waals surface area (Å²) >= 11 is 1.65. The van der Waals surface area contributed by atoms with Gasteiger partial charge in [0, 0.05) is 24.2 Å². The van der Waals surface area contributed by atoms with Crippen molar-refractivity contribution in [1.82, 2.24) is 9.88 Å². The highest BCUT2D eigenvalue weighted by Crippen LogP contribution is 2.18. The lowest BCUT2D eigenvalue weighted by molar-refractivity contribution is 0.305. The molecular weight excluding hydrogens is 240 g/mol. The maximum absolute atomic E-state index is 4.36. The predicted molar refractivity (Wildman–Crippen MR) is 81.3 cm³/mol. The highest BCUT2D eigenvalue weighted by molar-refractivity contribution is 8.05. The number of allylic oxidation sites excluding steroid dienone is 2. The summed E-state index contributed by atoms with van der Waals surface area (Å²) in [4.78, 5) is 7.95. The molecule has 2 nitrogen and oxygen atoms in total. The van der Waals surface area contributed by atoms with Crippen LogP contribution in [0.15, 0.2) is 60.0 Å². The lowest BCUT2D eigenvalue weighted by Crippen LogP contribution is -2.25. The minimum atomic E-state index is 0.865. The second-order valence-electron chi connectivity index (χ2n) is 3.78. The first kappa shape index (κ1) is 14.7. The predicted octanol–water partition coefficient (Wildman–Crippen LogP) is 3.85. The topological polar surface area (TPSA) is 16.1 Å². The van der Waals surface area contributed by atoms with E-state index in [9.17, 15) is 0 Å². The molecule has 0 aliphatic carbocycles. The summed E-state index contributed by atoms with van der Waals surface area (Å²) in [5.41, 5.74) is 1.10. The highest BCUT2D eigenvalue weighted by Gasteiger charge is 2.06. The molecule has 0 aliphatic rings. The van der Waals surface area contributed by atoms with Gasteiger partial charge in [-0.2, -0.15) is 0 Å². The van der Waals surface area contributed by atoms with Crippen molar-refractivity contribution in [3.05, 3.63) is 65.7 Å². The molecule has 1 aromatic heterocycles. The number of aromatic nitrogens is 1. The first-order valence-electron chi connectivity index (χ1n) is 6.01. The van der Waals surface area contributed by atoms with Crippen LogP contribution >= 0.6 is 11.8 Å². The van der Waals surface area contributed by atoms with Gasteiger partial charge in [0.15, 0.2) is 0 Å². The van der Waals surface area contributed by atoms with Gasteiger partial charge in [-0.3, -0.25) is 9.88 Å². The van der Waals surface area contributed by atoms with Crippen molar-refractivity contribution in [2.75, 3.05) is 13.1 Å². The van der Waals surface area contributed by atoms with Gasteiger partial charge < -0.3 is 0 Å². The molecule has 0 fully saturated rings. The van der Waals surface area contributed by atoms with Gasteiger partial charge in [0.2, 0.25) is 0 Å². The van der Waals surface area contributed by atoms with Gasteiger partial charge in [-0.05, 0) is 24.1 Å². The van der Waals surface area contributed by atoms with Crippen molar-refractivity contribution >= 4 is 11.8 Å². The molecule has 96 valence electrons. The van der Waals surface area contributed by atoms with E-state index in [2.05, 4.69) is 36.0 Å². The first-order chi connectivity index (χ1) is 8.80. The van der Waals surface area contributed by atoms with Crippen LogP contribution in [0.2, 0.25) is 0 Å². The Bertz CT molecular complexity index is 398. The Morgan fingerprint density at radius 2 is 2.28 bits per heavy atom. The van der Waals surface area contributed by atoms with Gasteiger partial charge in [-0.15, -0.1) is 11.8 Å². The van der Waals surface area contributed by atoms with Crippen molar-refractivity contribution in [3.8, 4) is 0 Å². The van der Waals surface area contributed by atoms with Gasteiger partial charge in [0.25, 0.3) is 0 Å². The van der Waals surface area contributed by atoms with E-state index in [1.807, 2.05) is 35.9 Å². The van der Waals surface area contributed by atoms with Crippen LogP contribution in [0.5, 0.6) is 0 Å². The number of hydrogen-bond acceptors (Lipinski definition) is 3. The summed E-state index contributed by atoms with van der Waals surface area (Å²) < 4.78 is 0. The third kappa shape index (κ3) is 5.34. The molecule has 0 radical (unpaired) electrons. The lowest BCUT2D eigenvalue weighted by atomic mass is 10.3. The molecule has 1 aromatic rings. The van der Waals surface area contributed by atoms with Gasteiger partial charge >= 0.3 is 0 Å². The molecule has 3 heteroatoms. The number of nitrogens with zero attached hydrogens (tertiary/aromatic N) is 2. The molecule has 0 amide bonds. The molecular formula is C15H20N2S. The van der Waals surface area contributed by atoms with Gasteiger partial charge in [-0.1, -0.05) is 38.3 Å². The molecule has 1 rings (SSSR count). The van der Waals surface area contributed by atoms with E-state index in [0.717, 1.165) is 25.3 Å². The standard InChI is InChI=1S/C15H20N2S/c1-4-9-15(18-6-3)13-17(5-2)12-14-10-7-8-11-16-14/h4,6-11H,1,3,5,12-13H2,2H3/b15-9-. The van der Waals surface area contributed by atoms with Crippen LogP contribution in [0.3, 0.4) is 0 Å². The second-order valence-corrected chi connectivity index (χ2v) is 4.87. The van der Waals surface area contributed by atoms with E-state index < -0.39 is 0 Å². The van der Waals surface area contributed by atoms with Crippen LogP contribution in [0.25, 0.3) is 0 Å². The fraction of sp³-hybridized carbons (Fsp3) is 0.267. The monoisotopic (exact) mass is 260 g/mol. The molecule has 0 bridgehead atoms. The molecule has 1 heterocycles. The highest BCUT2D eigenvalue weighted by atomic mass is 32.2. The second kappa shape index (κ2) is 8.72. The number of thioether (sulfide) groups is 1. The van der Waals surface area contributed by atoms with E-state index in [1.54, 1.807) is 11.8 Å². The SMILES string of the molecule is C=C/C=C(/CN(CC)Cc1ccccn1)SC=C. The Kier molecular flexibility index (Phi) is 7.14. The van der Waals surface area contributed by atoms with Crippen LogP contribution in [0.1, 0.15) is 12.6 Å². The zero-order valence-electron chi connectivity index (χ0n) is 10.9. The average Bonchev–Trinajstić information content (AvgIpc) is 2.39. The maximum Gasteiger partial charge on any atom is 0.0544 e. The van der Waals surface area contributed by atoms with Gasteiger partial charge in [0.05, 0.1) is 5.69 Å². The maximum atomic E-state index is 4.36. The Balaban J connectivity index is 2.63. The normalized spacial score (nSPS) is 11.6. The Morgan fingerprint density at radius 1 is 1.44 bits per heavy atom. The van der Waals surface area contributed by atoms with Crippen molar-refractivity contribution < 1.29 is 0 Å². The first-order valence-corrected chi connectivity index (χ1v) is 6.89. The number of hydrogen-bond donors (Lipinski definition) is 0. The molecule has 0 atom stereocenters. The van der Waals surface area contributed by atoms with E-state index in [-0.39, 0.29) is 0 Å². The van der Waals surface area contributed by atoms with Crippen LogP contribution in [-0.2, 0) is 6.54 Å². The summed E-state index contributed by atoms with van der Waals surface area (Å²) in [6.07, 6.45) is 5.69. The minimum absolute atomic E-state index is 0.865. The van der Waals surface area contributed by atoms with E-state index in [4.69, 9.17) is 0 Å². The van der Waals surface area contributed by atoms with Gasteiger partial charge in [0.1, 0.15) is 0 Å². The van der Waals surface area contributed by atoms with Crippen molar-refractivity contribution in [3.63, 3.8) is 0 Å². The summed E-state index contributed by atoms with van der Waals surface area (Å²) in [5, 5.41) is 1.85. The fourth-order valence-corrected chi connectivity index (χ4v) is 2.23. The summed E-state index contributed by atoms with van der Waals surface area (Å²) in [6, 6.07) is 6.02. The zero-order valence-corrected chi connectivity index (χ0v) is 11.7. The van der Waals surface area contributed by atoms with Gasteiger partial charge in [-0.25, -0.2) is 0 Å². The number of pyridine rings is 1. The average molecular weight is 260 g/mol. The smallest absolute Gasteiger partial charge is 0.0544 e. The Labute approximate surface area is 114 Å². The zero-order chi connectivity index (χ0) is 13.2. The third-order valence-corrected chi connectivity index (χ3v) is 3.21. The third-order valence-electron chi connectivity index (χ3n) is 2.48. The minimum Gasteiger partial charge on any atom is -0.293 e. The molecule has 0 aliphatic heterocycles. The molecule has 0 unspecified atom stereocenters. The van der Waals surface area contributed by atoms with Crippen LogP contribution in [-0.4, -0.2) is 23.0 Å². The molecule has 0 aromatic carbocycles. The lowest BCUT2D eigenvalue weighted by Gasteiger charge is -2.20. The van der Waals surface area contributed by atoms with Crippen LogP contribution < -0.4 is 0 Å². The molecule has 0 saturated carbocycles. The van der Waals surface area contributed by atoms with E-state index >= 15 is 0 Å². The quantitative estimate of drug-likeness (QED) is 0.660. The van der Waals surface area contributed by atoms with Crippen molar-refractivity contribution in [2.24, 2.45) is 0 Å². The molecule has 0 N–H and O–H groups in total. The molecule has 18 heavy (non-hydrogen) atoms. The number of likely N-dealkylation sites (N-methyl/N-ethyl adjacent to an activating group) is 1. The van der Waals surface area contributed by atoms with Crippen molar-refractivity contribution in [1.29, 1.82) is 0 Å². The Morgan fingerprint density at radius 3 is 2.83 bits per heavy atom. The van der Waals surface area contributed by atoms with Crippen molar-refractivity contribution in [2.45, 2.75) is 13.5 Å². The van der Waals surface area contributed by atoms with E-state index in [1.165, 1.54) is 4.91 Å². The largest absolute Gasteiger partial charge is 0.293 e.